The van der Waals surface area contributed by atoms with Crippen molar-refractivity contribution in [2.45, 2.75) is 59.0 Å². The van der Waals surface area contributed by atoms with Gasteiger partial charge in [0, 0.05) is 19.3 Å². The first-order valence-electron chi connectivity index (χ1n) is 11.3. The van der Waals surface area contributed by atoms with Gasteiger partial charge in [0.1, 0.15) is 11.3 Å². The van der Waals surface area contributed by atoms with E-state index < -0.39 is 0 Å². The van der Waals surface area contributed by atoms with Gasteiger partial charge >= 0.3 is 0 Å². The fourth-order valence-corrected chi connectivity index (χ4v) is 4.21. The van der Waals surface area contributed by atoms with Crippen molar-refractivity contribution in [3.8, 4) is 0 Å². The summed E-state index contributed by atoms with van der Waals surface area (Å²) in [6.45, 7) is 8.59. The van der Waals surface area contributed by atoms with Gasteiger partial charge in [-0.05, 0) is 38.2 Å². The molecule has 1 fully saturated rings. The average Bonchev–Trinajstić information content (AvgIpc) is 3.45. The van der Waals surface area contributed by atoms with Gasteiger partial charge in [0.15, 0.2) is 5.82 Å². The van der Waals surface area contributed by atoms with Crippen LogP contribution in [0.1, 0.15) is 87.9 Å². The van der Waals surface area contributed by atoms with E-state index in [2.05, 4.69) is 20.4 Å². The Hall–Kier alpha value is -3.55. The molecule has 1 saturated heterocycles. The first kappa shape index (κ1) is 22.6. The molecule has 33 heavy (non-hydrogen) atoms. The van der Waals surface area contributed by atoms with Crippen LogP contribution in [-0.4, -0.2) is 38.4 Å². The van der Waals surface area contributed by atoms with Crippen LogP contribution in [0, 0.1) is 13.8 Å². The lowest BCUT2D eigenvalue weighted by atomic mass is 10.0. The molecule has 1 aliphatic heterocycles. The SMILES string of the molecule is Cc1nc([C@H]2CCCN2C(=O)c2c(C(C)C)noc2C)ncc1C(=O)NCc1ccccc1. The van der Waals surface area contributed by atoms with Crippen LogP contribution in [0.3, 0.4) is 0 Å². The molecule has 0 spiro atoms. The molecule has 0 unspecified atom stereocenters. The number of nitrogens with one attached hydrogen (secondary N) is 1. The highest BCUT2D eigenvalue weighted by molar-refractivity contribution is 5.97. The minimum Gasteiger partial charge on any atom is -0.361 e. The number of benzene rings is 1. The molecule has 2 amide bonds. The Morgan fingerprint density at radius 2 is 1.97 bits per heavy atom. The Morgan fingerprint density at radius 3 is 2.67 bits per heavy atom. The zero-order valence-corrected chi connectivity index (χ0v) is 19.5. The van der Waals surface area contributed by atoms with Crippen molar-refractivity contribution in [1.29, 1.82) is 0 Å². The second-order valence-electron chi connectivity index (χ2n) is 8.71. The molecule has 0 radical (unpaired) electrons. The Labute approximate surface area is 193 Å². The second-order valence-corrected chi connectivity index (χ2v) is 8.71. The highest BCUT2D eigenvalue weighted by Crippen LogP contribution is 2.33. The number of aromatic nitrogens is 3. The van der Waals surface area contributed by atoms with Crippen LogP contribution >= 0.6 is 0 Å². The van der Waals surface area contributed by atoms with Crippen molar-refractivity contribution in [2.75, 3.05) is 6.54 Å². The number of likely N-dealkylation sites (tertiary alicyclic amines) is 1. The van der Waals surface area contributed by atoms with Crippen molar-refractivity contribution in [2.24, 2.45) is 0 Å². The van der Waals surface area contributed by atoms with Gasteiger partial charge in [-0.3, -0.25) is 9.59 Å². The Morgan fingerprint density at radius 1 is 1.21 bits per heavy atom. The van der Waals surface area contributed by atoms with Crippen LogP contribution in [-0.2, 0) is 6.54 Å². The average molecular weight is 448 g/mol. The van der Waals surface area contributed by atoms with Gasteiger partial charge in [-0.2, -0.15) is 0 Å². The van der Waals surface area contributed by atoms with E-state index in [9.17, 15) is 9.59 Å². The molecule has 0 saturated carbocycles. The van der Waals surface area contributed by atoms with E-state index in [0.717, 1.165) is 18.4 Å². The Kier molecular flexibility index (Phi) is 6.53. The topological polar surface area (TPSA) is 101 Å². The third-order valence-electron chi connectivity index (χ3n) is 6.00. The van der Waals surface area contributed by atoms with Crippen molar-refractivity contribution in [3.63, 3.8) is 0 Å². The molecular weight excluding hydrogens is 418 g/mol. The third-order valence-corrected chi connectivity index (χ3v) is 6.00. The lowest BCUT2D eigenvalue weighted by Gasteiger charge is -2.24. The van der Waals surface area contributed by atoms with Gasteiger partial charge in [-0.15, -0.1) is 0 Å². The summed E-state index contributed by atoms with van der Waals surface area (Å²) in [5.74, 6) is 0.833. The fourth-order valence-electron chi connectivity index (χ4n) is 4.21. The number of carbonyl (C=O) groups excluding carboxylic acids is 2. The molecule has 3 heterocycles. The zero-order valence-electron chi connectivity index (χ0n) is 19.5. The van der Waals surface area contributed by atoms with E-state index in [0.29, 0.717) is 47.2 Å². The van der Waals surface area contributed by atoms with Gasteiger partial charge in [0.2, 0.25) is 0 Å². The first-order chi connectivity index (χ1) is 15.9. The fraction of sp³-hybridized carbons (Fsp3) is 0.400. The van der Waals surface area contributed by atoms with Crippen LogP contribution < -0.4 is 5.32 Å². The predicted octanol–water partition coefficient (Wildman–Crippen LogP) is 4.11. The molecule has 0 bridgehead atoms. The standard InChI is InChI=1S/C25H29N5O3/c1-15(2)22-21(17(4)33-29-22)25(32)30-12-8-11-20(30)23-26-14-19(16(3)28-23)24(31)27-13-18-9-6-5-7-10-18/h5-7,9-10,14-15,20H,8,11-13H2,1-4H3,(H,27,31)/t20-/m1/s1. The summed E-state index contributed by atoms with van der Waals surface area (Å²) in [6, 6.07) is 9.48. The van der Waals surface area contributed by atoms with E-state index in [-0.39, 0.29) is 23.8 Å². The number of amides is 2. The van der Waals surface area contributed by atoms with E-state index in [1.165, 1.54) is 0 Å². The van der Waals surface area contributed by atoms with Gasteiger partial charge in [-0.25, -0.2) is 9.97 Å². The molecule has 3 aromatic rings. The van der Waals surface area contributed by atoms with Crippen molar-refractivity contribution in [1.82, 2.24) is 25.3 Å². The highest BCUT2D eigenvalue weighted by Gasteiger charge is 2.36. The van der Waals surface area contributed by atoms with Gasteiger partial charge in [-0.1, -0.05) is 49.3 Å². The molecule has 8 nitrogen and oxygen atoms in total. The number of aryl methyl sites for hydroxylation is 2. The first-order valence-corrected chi connectivity index (χ1v) is 11.3. The van der Waals surface area contributed by atoms with E-state index >= 15 is 0 Å². The Bertz CT molecular complexity index is 1160. The molecule has 1 aromatic carbocycles. The van der Waals surface area contributed by atoms with Crippen LogP contribution in [0.15, 0.2) is 41.1 Å². The Balaban J connectivity index is 1.52. The van der Waals surface area contributed by atoms with Crippen molar-refractivity contribution >= 4 is 11.8 Å². The molecule has 1 aliphatic rings. The lowest BCUT2D eigenvalue weighted by molar-refractivity contribution is 0.0725. The minimum atomic E-state index is -0.244. The number of hydrogen-bond acceptors (Lipinski definition) is 6. The van der Waals surface area contributed by atoms with E-state index in [4.69, 9.17) is 4.52 Å². The van der Waals surface area contributed by atoms with Crippen LogP contribution in [0.4, 0.5) is 0 Å². The highest BCUT2D eigenvalue weighted by atomic mass is 16.5. The maximum atomic E-state index is 13.4. The number of hydrogen-bond donors (Lipinski definition) is 1. The zero-order chi connectivity index (χ0) is 23.5. The smallest absolute Gasteiger partial charge is 0.260 e. The van der Waals surface area contributed by atoms with E-state index in [1.807, 2.05) is 44.2 Å². The summed E-state index contributed by atoms with van der Waals surface area (Å²) in [5, 5.41) is 7.00. The molecule has 2 aromatic heterocycles. The van der Waals surface area contributed by atoms with Gasteiger partial charge in [0.25, 0.3) is 11.8 Å². The molecule has 1 N–H and O–H groups in total. The predicted molar refractivity (Wildman–Crippen MR) is 123 cm³/mol. The lowest BCUT2D eigenvalue weighted by Crippen LogP contribution is -2.33. The molecule has 1 atom stereocenters. The van der Waals surface area contributed by atoms with E-state index in [1.54, 1.807) is 24.9 Å². The summed E-state index contributed by atoms with van der Waals surface area (Å²) >= 11 is 0. The molecule has 0 aliphatic carbocycles. The van der Waals surface area contributed by atoms with Gasteiger partial charge in [0.05, 0.1) is 23.0 Å². The van der Waals surface area contributed by atoms with Crippen molar-refractivity contribution < 1.29 is 14.1 Å². The molecule has 172 valence electrons. The minimum absolute atomic E-state index is 0.0784. The largest absolute Gasteiger partial charge is 0.361 e. The summed E-state index contributed by atoms with van der Waals surface area (Å²) < 4.78 is 5.32. The number of rotatable bonds is 6. The number of carbonyl (C=O) groups is 2. The molecule has 8 heteroatoms. The molecule has 4 rings (SSSR count). The summed E-state index contributed by atoms with van der Waals surface area (Å²) in [6.07, 6.45) is 3.19. The summed E-state index contributed by atoms with van der Waals surface area (Å²) in [7, 11) is 0. The monoisotopic (exact) mass is 447 g/mol. The quantitative estimate of drug-likeness (QED) is 0.610. The summed E-state index contributed by atoms with van der Waals surface area (Å²) in [5.41, 5.74) is 3.25. The number of nitrogens with zero attached hydrogens (tertiary/aromatic N) is 4. The third kappa shape index (κ3) is 4.65. The maximum Gasteiger partial charge on any atom is 0.260 e. The van der Waals surface area contributed by atoms with Crippen LogP contribution in [0.5, 0.6) is 0 Å². The summed E-state index contributed by atoms with van der Waals surface area (Å²) in [4.78, 5) is 37.0. The van der Waals surface area contributed by atoms with Crippen LogP contribution in [0.25, 0.3) is 0 Å². The van der Waals surface area contributed by atoms with Crippen molar-refractivity contribution in [3.05, 3.63) is 76.2 Å². The second kappa shape index (κ2) is 9.52. The maximum absolute atomic E-state index is 13.4. The van der Waals surface area contributed by atoms with Gasteiger partial charge < -0.3 is 14.7 Å². The molecular formula is C25H29N5O3. The van der Waals surface area contributed by atoms with Crippen LogP contribution in [0.2, 0.25) is 0 Å². The normalized spacial score (nSPS) is 15.8.